The lowest BCUT2D eigenvalue weighted by Crippen LogP contribution is -2.66. The molecular formula is C36H58O9. The second kappa shape index (κ2) is 12.1. The van der Waals surface area contributed by atoms with E-state index in [-0.39, 0.29) is 22.7 Å². The van der Waals surface area contributed by atoms with Gasteiger partial charge in [0, 0.05) is 16.7 Å². The van der Waals surface area contributed by atoms with E-state index in [1.54, 1.807) is 13.8 Å². The molecule has 3 saturated carbocycles. The van der Waals surface area contributed by atoms with Crippen molar-refractivity contribution < 1.29 is 44.9 Å². The minimum Gasteiger partial charge on any atom is -0.394 e. The number of allylic oxidation sites excluding steroid dienone is 1. The maximum Gasteiger partial charge on any atom is 0.187 e. The first-order chi connectivity index (χ1) is 20.9. The van der Waals surface area contributed by atoms with Crippen LogP contribution < -0.4 is 0 Å². The summed E-state index contributed by atoms with van der Waals surface area (Å²) in [7, 11) is 0. The maximum atomic E-state index is 13.7. The van der Waals surface area contributed by atoms with E-state index in [2.05, 4.69) is 32.9 Å². The van der Waals surface area contributed by atoms with Crippen LogP contribution >= 0.6 is 0 Å². The Morgan fingerprint density at radius 2 is 1.69 bits per heavy atom. The number of aliphatic hydroxyl groups is 6. The number of hydrogen-bond donors (Lipinski definition) is 6. The molecule has 4 aliphatic carbocycles. The smallest absolute Gasteiger partial charge is 0.187 e. The van der Waals surface area contributed by atoms with Gasteiger partial charge < -0.3 is 44.9 Å². The summed E-state index contributed by atoms with van der Waals surface area (Å²) >= 11 is 0. The highest BCUT2D eigenvalue weighted by Gasteiger charge is 2.71. The van der Waals surface area contributed by atoms with E-state index in [0.29, 0.717) is 31.1 Å². The van der Waals surface area contributed by atoms with Crippen molar-refractivity contribution in [3.05, 3.63) is 23.8 Å². The van der Waals surface area contributed by atoms with E-state index in [1.165, 1.54) is 6.29 Å². The highest BCUT2D eigenvalue weighted by molar-refractivity contribution is 5.65. The van der Waals surface area contributed by atoms with Crippen LogP contribution in [0, 0.1) is 45.3 Å². The van der Waals surface area contributed by atoms with Gasteiger partial charge in [0.25, 0.3) is 0 Å². The number of aldehydes is 1. The van der Waals surface area contributed by atoms with Crippen molar-refractivity contribution in [3.8, 4) is 0 Å². The molecule has 0 aromatic heterocycles. The third kappa shape index (κ3) is 5.51. The summed E-state index contributed by atoms with van der Waals surface area (Å²) in [5.41, 5.74) is -1.68. The highest BCUT2D eigenvalue weighted by Crippen LogP contribution is 2.75. The van der Waals surface area contributed by atoms with Gasteiger partial charge in [-0.2, -0.15) is 0 Å². The molecule has 1 unspecified atom stereocenters. The predicted molar refractivity (Wildman–Crippen MR) is 169 cm³/mol. The topological polar surface area (TPSA) is 157 Å². The molecule has 4 fully saturated rings. The molecule has 0 spiro atoms. The van der Waals surface area contributed by atoms with Gasteiger partial charge in [0.2, 0.25) is 0 Å². The molecule has 0 aromatic carbocycles. The largest absolute Gasteiger partial charge is 0.394 e. The van der Waals surface area contributed by atoms with E-state index in [0.717, 1.165) is 31.3 Å². The third-order valence-corrected chi connectivity index (χ3v) is 13.5. The first-order valence-corrected chi connectivity index (χ1v) is 17.1. The van der Waals surface area contributed by atoms with E-state index in [4.69, 9.17) is 9.47 Å². The number of carbonyl (C=O) groups is 1. The molecule has 0 radical (unpaired) electrons. The Kier molecular flexibility index (Phi) is 9.42. The highest BCUT2D eigenvalue weighted by atomic mass is 16.7. The summed E-state index contributed by atoms with van der Waals surface area (Å²) < 4.78 is 12.5. The Balaban J connectivity index is 1.58. The van der Waals surface area contributed by atoms with Crippen molar-refractivity contribution in [2.75, 3.05) is 6.61 Å². The lowest BCUT2D eigenvalue weighted by atomic mass is 9.38. The Morgan fingerprint density at radius 3 is 2.31 bits per heavy atom. The quantitative estimate of drug-likeness (QED) is 0.174. The molecule has 14 atom stereocenters. The zero-order valence-corrected chi connectivity index (χ0v) is 28.2. The average molecular weight is 635 g/mol. The molecule has 0 bridgehead atoms. The SMILES string of the molecule is C[C@@H](CC=CC(C)(C)O)[C@@H]1CC[C@]2(C)[C@H]3[C@H](O[C@H]4O[C@@H](CO)[C@H](O)[C@@H](O)[C@@H]4O)C=C4C(CC[C@@H](O)C4(C)C)[C@@]3(C=O)CC[C@@]12C. The van der Waals surface area contributed by atoms with E-state index < -0.39 is 66.0 Å². The predicted octanol–water partition coefficient (Wildman–Crippen LogP) is 3.28. The number of hydrogen-bond acceptors (Lipinski definition) is 9. The van der Waals surface area contributed by atoms with Gasteiger partial charge in [0.05, 0.1) is 24.4 Å². The third-order valence-electron chi connectivity index (χ3n) is 13.5. The summed E-state index contributed by atoms with van der Waals surface area (Å²) in [5, 5.41) is 63.2. The number of ether oxygens (including phenoxy) is 2. The molecule has 0 amide bonds. The van der Waals surface area contributed by atoms with Crippen LogP contribution in [-0.4, -0.2) is 92.0 Å². The molecule has 6 N–H and O–H groups in total. The fourth-order valence-electron chi connectivity index (χ4n) is 10.7. The Hall–Kier alpha value is -1.17. The number of aliphatic hydroxyl groups excluding tert-OH is 5. The maximum absolute atomic E-state index is 13.7. The molecule has 1 heterocycles. The summed E-state index contributed by atoms with van der Waals surface area (Å²) in [6.45, 7) is 14.0. The van der Waals surface area contributed by atoms with Crippen LogP contribution in [0.1, 0.15) is 93.4 Å². The standard InChI is InChI=1S/C36H58O9/c1-20(9-8-13-32(2,3)43)21-12-14-35(7)30-24(44-31-29(42)28(41)27(40)25(18-37)45-31)17-23-22(10-11-26(39)33(23,4)5)36(30,19-38)16-15-34(21,35)6/h8,13,17,19-22,24-31,37,39-43H,9-12,14-16,18H2,1-7H3/t20-,21-,22?,24+,25-,26+,27-,28+,29-,30+,31-,34-,35+,36-/m0/s1. The number of carbonyl (C=O) groups excluding carboxylic acids is 1. The van der Waals surface area contributed by atoms with Crippen molar-refractivity contribution in [1.82, 2.24) is 0 Å². The van der Waals surface area contributed by atoms with Gasteiger partial charge in [0.15, 0.2) is 6.29 Å². The van der Waals surface area contributed by atoms with Gasteiger partial charge in [-0.05, 0) is 87.4 Å². The van der Waals surface area contributed by atoms with E-state index in [1.807, 2.05) is 19.9 Å². The summed E-state index contributed by atoms with van der Waals surface area (Å²) in [5.74, 6) is 0.405. The molecule has 1 saturated heterocycles. The van der Waals surface area contributed by atoms with Crippen LogP contribution in [0.4, 0.5) is 0 Å². The molecule has 5 aliphatic rings. The second-order valence-electron chi connectivity index (χ2n) is 16.7. The minimum atomic E-state index is -1.57. The van der Waals surface area contributed by atoms with Crippen LogP contribution in [0.15, 0.2) is 23.8 Å². The summed E-state index contributed by atoms with van der Waals surface area (Å²) in [4.78, 5) is 13.7. The molecule has 1 aliphatic heterocycles. The summed E-state index contributed by atoms with van der Waals surface area (Å²) in [6, 6.07) is 0. The van der Waals surface area contributed by atoms with Crippen LogP contribution in [0.5, 0.6) is 0 Å². The van der Waals surface area contributed by atoms with Crippen molar-refractivity contribution >= 4 is 6.29 Å². The van der Waals surface area contributed by atoms with Gasteiger partial charge >= 0.3 is 0 Å². The molecule has 5 rings (SSSR count). The van der Waals surface area contributed by atoms with Gasteiger partial charge in [0.1, 0.15) is 30.7 Å². The number of fused-ring (bicyclic) bond motifs is 5. The lowest BCUT2D eigenvalue weighted by molar-refractivity contribution is -0.321. The molecular weight excluding hydrogens is 576 g/mol. The van der Waals surface area contributed by atoms with Crippen LogP contribution in [0.25, 0.3) is 0 Å². The normalized spacial score (nSPS) is 48.7. The first-order valence-electron chi connectivity index (χ1n) is 17.1. The zero-order valence-electron chi connectivity index (χ0n) is 28.2. The Morgan fingerprint density at radius 1 is 1.00 bits per heavy atom. The van der Waals surface area contributed by atoms with Crippen molar-refractivity contribution in [3.63, 3.8) is 0 Å². The van der Waals surface area contributed by atoms with Gasteiger partial charge in [-0.15, -0.1) is 0 Å². The van der Waals surface area contributed by atoms with E-state index in [9.17, 15) is 35.4 Å². The number of rotatable bonds is 8. The van der Waals surface area contributed by atoms with Crippen LogP contribution in [0.3, 0.4) is 0 Å². The van der Waals surface area contributed by atoms with Gasteiger partial charge in [-0.1, -0.05) is 58.4 Å². The minimum absolute atomic E-state index is 0.0550. The average Bonchev–Trinajstić information content (AvgIpc) is 3.25. The molecule has 256 valence electrons. The Labute approximate surface area is 268 Å². The first kappa shape index (κ1) is 35.1. The van der Waals surface area contributed by atoms with E-state index >= 15 is 0 Å². The van der Waals surface area contributed by atoms with Crippen LogP contribution in [0.2, 0.25) is 0 Å². The van der Waals surface area contributed by atoms with Crippen molar-refractivity contribution in [2.24, 2.45) is 45.3 Å². The zero-order chi connectivity index (χ0) is 33.3. The van der Waals surface area contributed by atoms with Gasteiger partial charge in [-0.3, -0.25) is 0 Å². The fourth-order valence-corrected chi connectivity index (χ4v) is 10.7. The van der Waals surface area contributed by atoms with Crippen molar-refractivity contribution in [1.29, 1.82) is 0 Å². The second-order valence-corrected chi connectivity index (χ2v) is 16.7. The van der Waals surface area contributed by atoms with Crippen LogP contribution in [-0.2, 0) is 14.3 Å². The lowest BCUT2D eigenvalue weighted by Gasteiger charge is -2.66. The summed E-state index contributed by atoms with van der Waals surface area (Å²) in [6.07, 6.45) is 4.43. The Bertz CT molecular complexity index is 1160. The van der Waals surface area contributed by atoms with Crippen molar-refractivity contribution in [2.45, 2.75) is 142 Å². The molecule has 0 aromatic rings. The molecule has 9 nitrogen and oxygen atoms in total. The fraction of sp³-hybridized carbons (Fsp3) is 0.861. The van der Waals surface area contributed by atoms with Gasteiger partial charge in [-0.25, -0.2) is 0 Å². The monoisotopic (exact) mass is 634 g/mol. The molecule has 9 heteroatoms. The molecule has 45 heavy (non-hydrogen) atoms.